The highest BCUT2D eigenvalue weighted by Gasteiger charge is 2.20. The maximum absolute atomic E-state index is 6.20. The third kappa shape index (κ3) is 8.05. The lowest BCUT2D eigenvalue weighted by molar-refractivity contribution is 0.122. The van der Waals surface area contributed by atoms with E-state index in [9.17, 15) is 0 Å². The van der Waals surface area contributed by atoms with Crippen LogP contribution in [0, 0.1) is 6.92 Å². The summed E-state index contributed by atoms with van der Waals surface area (Å²) in [6, 6.07) is 20.7. The lowest BCUT2D eigenvalue weighted by Crippen LogP contribution is -2.37. The van der Waals surface area contributed by atoms with Crippen molar-refractivity contribution in [3.05, 3.63) is 77.3 Å². The summed E-state index contributed by atoms with van der Waals surface area (Å²) in [5, 5.41) is 10.5. The number of aryl methyl sites for hydroxylation is 1. The van der Waals surface area contributed by atoms with E-state index >= 15 is 0 Å². The number of morpholine rings is 1. The quantitative estimate of drug-likeness (QED) is 0.139. The van der Waals surface area contributed by atoms with E-state index in [-0.39, 0.29) is 17.8 Å². The molecule has 3 aromatic carbocycles. The van der Waals surface area contributed by atoms with Gasteiger partial charge in [-0.3, -0.25) is 5.32 Å². The second-order valence-electron chi connectivity index (χ2n) is 10.8. The van der Waals surface area contributed by atoms with Crippen LogP contribution in [-0.2, 0) is 4.74 Å². The SMILES string of the molecule is COc1cc(-c2cc(-c3ccc(Cl)cc3)nc(Nc3nc(NC(=S)Nc4ccccc4C)nc(N4CCOCC4)n3)n2)cc(OC)c1OC. The van der Waals surface area contributed by atoms with Gasteiger partial charge in [0, 0.05) is 34.9 Å². The van der Waals surface area contributed by atoms with Crippen LogP contribution in [0.5, 0.6) is 17.2 Å². The van der Waals surface area contributed by atoms with Crippen LogP contribution in [0.15, 0.2) is 66.7 Å². The Kier molecular flexibility index (Phi) is 10.5. The topological polar surface area (TPSA) is 141 Å². The average molecular weight is 700 g/mol. The number of halogens is 1. The van der Waals surface area contributed by atoms with Gasteiger partial charge in [0.25, 0.3) is 0 Å². The van der Waals surface area contributed by atoms with Crippen molar-refractivity contribution >= 4 is 58.4 Å². The number of aromatic nitrogens is 5. The first-order chi connectivity index (χ1) is 23.8. The minimum atomic E-state index is 0.210. The number of hydrogen-bond acceptors (Lipinski definition) is 12. The molecule has 1 aliphatic heterocycles. The van der Waals surface area contributed by atoms with Gasteiger partial charge in [0.1, 0.15) is 0 Å². The van der Waals surface area contributed by atoms with Gasteiger partial charge in [-0.05, 0) is 61.1 Å². The Morgan fingerprint density at radius 2 is 1.39 bits per heavy atom. The Morgan fingerprint density at radius 3 is 2.04 bits per heavy atom. The van der Waals surface area contributed by atoms with Gasteiger partial charge in [-0.2, -0.15) is 15.0 Å². The Hall–Kier alpha value is -5.31. The minimum Gasteiger partial charge on any atom is -0.493 e. The zero-order valence-electron chi connectivity index (χ0n) is 27.3. The van der Waals surface area contributed by atoms with E-state index in [0.29, 0.717) is 76.6 Å². The largest absolute Gasteiger partial charge is 0.493 e. The van der Waals surface area contributed by atoms with E-state index < -0.39 is 0 Å². The second kappa shape index (κ2) is 15.3. The fourth-order valence-corrected chi connectivity index (χ4v) is 5.43. The molecular formula is C34H34ClN9O4S. The molecule has 0 amide bonds. The lowest BCUT2D eigenvalue weighted by Gasteiger charge is -2.27. The standard InChI is InChI=1S/C34H34ClN9O4S/c1-20-7-5-6-8-24(20)38-34(49)43-32-40-31(41-33(42-32)44-13-15-48-16-14-44)39-30-36-25(21-9-11-23(35)12-10-21)19-26(37-30)22-17-27(45-2)29(47-4)28(18-22)46-3/h5-12,17-19H,13-16H2,1-4H3,(H3,36,37,38,39,40,41,42,43,49). The minimum absolute atomic E-state index is 0.210. The summed E-state index contributed by atoms with van der Waals surface area (Å²) >= 11 is 11.8. The van der Waals surface area contributed by atoms with E-state index in [2.05, 4.69) is 25.9 Å². The van der Waals surface area contributed by atoms with E-state index in [1.165, 1.54) is 0 Å². The molecule has 0 radical (unpaired) electrons. The maximum Gasteiger partial charge on any atom is 0.236 e. The number of benzene rings is 3. The Balaban J connectivity index is 1.40. The zero-order valence-corrected chi connectivity index (χ0v) is 28.9. The summed E-state index contributed by atoms with van der Waals surface area (Å²) in [7, 11) is 4.68. The maximum atomic E-state index is 6.20. The third-order valence-corrected chi connectivity index (χ3v) is 8.04. The van der Waals surface area contributed by atoms with Crippen molar-refractivity contribution in [3.8, 4) is 39.8 Å². The molecule has 13 nitrogen and oxygen atoms in total. The Morgan fingerprint density at radius 1 is 0.755 bits per heavy atom. The van der Waals surface area contributed by atoms with Crippen LogP contribution >= 0.6 is 23.8 Å². The molecule has 5 aromatic rings. The molecule has 0 unspecified atom stereocenters. The fourth-order valence-electron chi connectivity index (χ4n) is 5.10. The van der Waals surface area contributed by atoms with Gasteiger partial charge in [0.15, 0.2) is 16.6 Å². The van der Waals surface area contributed by atoms with Crippen LogP contribution in [0.25, 0.3) is 22.5 Å². The van der Waals surface area contributed by atoms with E-state index in [0.717, 1.165) is 16.8 Å². The molecule has 3 heterocycles. The number of thiocarbonyl (C=S) groups is 1. The zero-order chi connectivity index (χ0) is 34.3. The van der Waals surface area contributed by atoms with Crippen molar-refractivity contribution in [2.24, 2.45) is 0 Å². The van der Waals surface area contributed by atoms with E-state index in [1.807, 2.05) is 66.4 Å². The number of rotatable bonds is 10. The molecule has 49 heavy (non-hydrogen) atoms. The van der Waals surface area contributed by atoms with Crippen LogP contribution < -0.4 is 35.1 Å². The monoisotopic (exact) mass is 699 g/mol. The number of para-hydroxylation sites is 1. The fraction of sp³-hybridized carbons (Fsp3) is 0.235. The molecule has 2 aromatic heterocycles. The van der Waals surface area contributed by atoms with Crippen LogP contribution in [0.3, 0.4) is 0 Å². The van der Waals surface area contributed by atoms with Crippen molar-refractivity contribution < 1.29 is 18.9 Å². The van der Waals surface area contributed by atoms with Crippen LogP contribution in [0.4, 0.5) is 29.5 Å². The number of methoxy groups -OCH3 is 3. The normalized spacial score (nSPS) is 12.6. The number of ether oxygens (including phenoxy) is 4. The summed E-state index contributed by atoms with van der Waals surface area (Å²) in [5.74, 6) is 2.57. The number of hydrogen-bond donors (Lipinski definition) is 3. The smallest absolute Gasteiger partial charge is 0.236 e. The molecule has 252 valence electrons. The first-order valence-corrected chi connectivity index (χ1v) is 16.1. The van der Waals surface area contributed by atoms with Crippen molar-refractivity contribution in [1.29, 1.82) is 0 Å². The Labute approximate surface area is 294 Å². The van der Waals surface area contributed by atoms with Crippen molar-refractivity contribution in [2.45, 2.75) is 6.92 Å². The van der Waals surface area contributed by atoms with Crippen molar-refractivity contribution in [1.82, 2.24) is 24.9 Å². The molecular weight excluding hydrogens is 666 g/mol. The second-order valence-corrected chi connectivity index (χ2v) is 11.6. The van der Waals surface area contributed by atoms with Crippen molar-refractivity contribution in [3.63, 3.8) is 0 Å². The summed E-state index contributed by atoms with van der Waals surface area (Å²) < 4.78 is 22.3. The Bertz CT molecular complexity index is 1930. The van der Waals surface area contributed by atoms with Crippen molar-refractivity contribution in [2.75, 3.05) is 68.5 Å². The highest BCUT2D eigenvalue weighted by Crippen LogP contribution is 2.41. The lowest BCUT2D eigenvalue weighted by atomic mass is 10.1. The molecule has 0 atom stereocenters. The summed E-state index contributed by atoms with van der Waals surface area (Å²) in [6.45, 7) is 4.33. The van der Waals surface area contributed by atoms with Gasteiger partial charge in [-0.15, -0.1) is 0 Å². The first kappa shape index (κ1) is 33.6. The van der Waals surface area contributed by atoms with Gasteiger partial charge >= 0.3 is 0 Å². The highest BCUT2D eigenvalue weighted by atomic mass is 35.5. The number of nitrogens with one attached hydrogen (secondary N) is 3. The predicted octanol–water partition coefficient (Wildman–Crippen LogP) is 6.37. The molecule has 0 saturated carbocycles. The predicted molar refractivity (Wildman–Crippen MR) is 195 cm³/mol. The molecule has 0 bridgehead atoms. The van der Waals surface area contributed by atoms with Crippen LogP contribution in [-0.4, -0.2) is 77.7 Å². The molecule has 0 aliphatic carbocycles. The molecule has 1 fully saturated rings. The van der Waals surface area contributed by atoms with Gasteiger partial charge in [-0.1, -0.05) is 41.9 Å². The van der Waals surface area contributed by atoms with Gasteiger partial charge < -0.3 is 34.5 Å². The van der Waals surface area contributed by atoms with Crippen LogP contribution in [0.2, 0.25) is 5.02 Å². The van der Waals surface area contributed by atoms with E-state index in [4.69, 9.17) is 57.7 Å². The first-order valence-electron chi connectivity index (χ1n) is 15.3. The molecule has 0 spiro atoms. The molecule has 1 aliphatic rings. The van der Waals surface area contributed by atoms with Gasteiger partial charge in [-0.25, -0.2) is 9.97 Å². The summed E-state index contributed by atoms with van der Waals surface area (Å²) in [4.78, 5) is 25.7. The van der Waals surface area contributed by atoms with Crippen LogP contribution in [0.1, 0.15) is 5.56 Å². The number of nitrogens with zero attached hydrogens (tertiary/aromatic N) is 6. The molecule has 15 heteroatoms. The number of anilines is 5. The molecule has 1 saturated heterocycles. The highest BCUT2D eigenvalue weighted by molar-refractivity contribution is 7.80. The van der Waals surface area contributed by atoms with Gasteiger partial charge in [0.05, 0.1) is 45.9 Å². The third-order valence-electron chi connectivity index (χ3n) is 7.59. The summed E-state index contributed by atoms with van der Waals surface area (Å²) in [6.07, 6.45) is 0. The van der Waals surface area contributed by atoms with Gasteiger partial charge in [0.2, 0.25) is 29.5 Å². The molecule has 3 N–H and O–H groups in total. The molecule has 6 rings (SSSR count). The van der Waals surface area contributed by atoms with E-state index in [1.54, 1.807) is 33.5 Å². The average Bonchev–Trinajstić information content (AvgIpc) is 3.12. The summed E-state index contributed by atoms with van der Waals surface area (Å²) in [5.41, 5.74) is 4.64.